The number of carbonyl (C=O) groups excluding carboxylic acids is 2. The number of ether oxygens (including phenoxy) is 2. The highest BCUT2D eigenvalue weighted by molar-refractivity contribution is 5.93. The van der Waals surface area contributed by atoms with Crippen LogP contribution >= 0.6 is 0 Å². The van der Waals surface area contributed by atoms with E-state index in [1.165, 1.54) is 7.11 Å². The highest BCUT2D eigenvalue weighted by Gasteiger charge is 2.09. The first kappa shape index (κ1) is 18.3. The number of rotatable bonds is 5. The van der Waals surface area contributed by atoms with E-state index in [0.29, 0.717) is 11.3 Å². The molecule has 2 N–H and O–H groups in total. The largest absolute Gasteiger partial charge is 0.473 e. The Bertz CT molecular complexity index is 787. The summed E-state index contributed by atoms with van der Waals surface area (Å²) in [5.74, 6) is 0.311. The van der Waals surface area contributed by atoms with Crippen molar-refractivity contribution in [2.24, 2.45) is 0 Å². The second kappa shape index (κ2) is 8.19. The minimum Gasteiger partial charge on any atom is -0.473 e. The maximum Gasteiger partial charge on any atom is 0.337 e. The van der Waals surface area contributed by atoms with Crippen LogP contribution in [0.5, 0.6) is 5.75 Å². The maximum atomic E-state index is 12.0. The Hall–Kier alpha value is -3.02. The standard InChI is InChI=1S/C19H22N2O4/c1-12-8-9-13(2)17(14(12)3)25-11-20-19(23)21-16-7-5-6-15(10-16)18(22)24-4/h5-10H,11H2,1-4H3,(H2,20,21,23). The first-order chi connectivity index (χ1) is 11.9. The fourth-order valence-electron chi connectivity index (χ4n) is 2.34. The van der Waals surface area contributed by atoms with Crippen molar-refractivity contribution < 1.29 is 19.1 Å². The first-order valence-electron chi connectivity index (χ1n) is 7.85. The zero-order chi connectivity index (χ0) is 18.4. The molecule has 0 aliphatic rings. The lowest BCUT2D eigenvalue weighted by molar-refractivity contribution is 0.0600. The van der Waals surface area contributed by atoms with Gasteiger partial charge < -0.3 is 20.1 Å². The van der Waals surface area contributed by atoms with Crippen molar-refractivity contribution >= 4 is 17.7 Å². The molecule has 2 amide bonds. The normalized spacial score (nSPS) is 10.1. The van der Waals surface area contributed by atoms with Crippen molar-refractivity contribution in [1.82, 2.24) is 5.32 Å². The van der Waals surface area contributed by atoms with E-state index in [9.17, 15) is 9.59 Å². The highest BCUT2D eigenvalue weighted by atomic mass is 16.5. The molecule has 2 aromatic rings. The van der Waals surface area contributed by atoms with Crippen molar-refractivity contribution in [2.75, 3.05) is 19.2 Å². The molecule has 0 radical (unpaired) electrons. The minimum absolute atomic E-state index is 0.0354. The molecule has 6 heteroatoms. The lowest BCUT2D eigenvalue weighted by Crippen LogP contribution is -2.32. The van der Waals surface area contributed by atoms with Gasteiger partial charge in [-0.1, -0.05) is 18.2 Å². The fourth-order valence-corrected chi connectivity index (χ4v) is 2.34. The summed E-state index contributed by atoms with van der Waals surface area (Å²) in [4.78, 5) is 23.5. The van der Waals surface area contributed by atoms with Crippen molar-refractivity contribution in [3.63, 3.8) is 0 Å². The Morgan fingerprint density at radius 3 is 2.48 bits per heavy atom. The molecule has 0 aliphatic heterocycles. The maximum absolute atomic E-state index is 12.0. The molecule has 2 aromatic carbocycles. The first-order valence-corrected chi connectivity index (χ1v) is 7.85. The smallest absolute Gasteiger partial charge is 0.337 e. The van der Waals surface area contributed by atoms with Crippen LogP contribution in [0.25, 0.3) is 0 Å². The molecular formula is C19H22N2O4. The van der Waals surface area contributed by atoms with E-state index in [-0.39, 0.29) is 6.73 Å². The van der Waals surface area contributed by atoms with Crippen LogP contribution in [-0.2, 0) is 4.74 Å². The van der Waals surface area contributed by atoms with E-state index in [0.717, 1.165) is 22.4 Å². The zero-order valence-electron chi connectivity index (χ0n) is 14.8. The molecule has 6 nitrogen and oxygen atoms in total. The van der Waals surface area contributed by atoms with E-state index in [1.807, 2.05) is 32.9 Å². The van der Waals surface area contributed by atoms with Crippen LogP contribution in [0.1, 0.15) is 27.0 Å². The number of urea groups is 1. The van der Waals surface area contributed by atoms with Crippen LogP contribution in [0.2, 0.25) is 0 Å². The Balaban J connectivity index is 1.92. The van der Waals surface area contributed by atoms with Gasteiger partial charge in [0.25, 0.3) is 0 Å². The molecule has 0 bridgehead atoms. The molecule has 0 aliphatic carbocycles. The lowest BCUT2D eigenvalue weighted by atomic mass is 10.1. The summed E-state index contributed by atoms with van der Waals surface area (Å²) in [6, 6.07) is 10.1. The van der Waals surface area contributed by atoms with Gasteiger partial charge >= 0.3 is 12.0 Å². The van der Waals surface area contributed by atoms with Crippen LogP contribution < -0.4 is 15.4 Å². The molecule has 0 spiro atoms. The lowest BCUT2D eigenvalue weighted by Gasteiger charge is -2.15. The number of aryl methyl sites for hydroxylation is 2. The van der Waals surface area contributed by atoms with Crippen molar-refractivity contribution in [2.45, 2.75) is 20.8 Å². The second-order valence-electron chi connectivity index (χ2n) is 5.65. The Morgan fingerprint density at radius 2 is 1.76 bits per heavy atom. The number of anilines is 1. The van der Waals surface area contributed by atoms with Crippen LogP contribution in [-0.4, -0.2) is 25.8 Å². The molecule has 0 aromatic heterocycles. The predicted octanol–water partition coefficient (Wildman–Crippen LogP) is 3.56. The fraction of sp³-hybridized carbons (Fsp3) is 0.263. The van der Waals surface area contributed by atoms with Crippen LogP contribution in [0, 0.1) is 20.8 Å². The van der Waals surface area contributed by atoms with Crippen molar-refractivity contribution in [3.8, 4) is 5.75 Å². The summed E-state index contributed by atoms with van der Waals surface area (Å²) in [6.45, 7) is 5.99. The number of nitrogens with one attached hydrogen (secondary N) is 2. The number of carbonyl (C=O) groups is 2. The van der Waals surface area contributed by atoms with Crippen LogP contribution in [0.15, 0.2) is 36.4 Å². The summed E-state index contributed by atoms with van der Waals surface area (Å²) in [5, 5.41) is 5.28. The van der Waals surface area contributed by atoms with E-state index >= 15 is 0 Å². The monoisotopic (exact) mass is 342 g/mol. The van der Waals surface area contributed by atoms with Gasteiger partial charge in [-0.05, 0) is 55.7 Å². The molecule has 0 saturated heterocycles. The summed E-state index contributed by atoms with van der Waals surface area (Å²) >= 11 is 0. The average Bonchev–Trinajstić information content (AvgIpc) is 2.60. The highest BCUT2D eigenvalue weighted by Crippen LogP contribution is 2.25. The van der Waals surface area contributed by atoms with Gasteiger partial charge in [0.2, 0.25) is 0 Å². The van der Waals surface area contributed by atoms with Gasteiger partial charge in [0.15, 0.2) is 6.73 Å². The Labute approximate surface area is 147 Å². The summed E-state index contributed by atoms with van der Waals surface area (Å²) < 4.78 is 10.3. The predicted molar refractivity (Wildman–Crippen MR) is 96.1 cm³/mol. The molecule has 0 unspecified atom stereocenters. The molecule has 0 atom stereocenters. The van der Waals surface area contributed by atoms with E-state index in [1.54, 1.807) is 24.3 Å². The third-order valence-electron chi connectivity index (χ3n) is 3.86. The van der Waals surface area contributed by atoms with Gasteiger partial charge in [0.05, 0.1) is 12.7 Å². The third kappa shape index (κ3) is 4.73. The van der Waals surface area contributed by atoms with Gasteiger partial charge in [0.1, 0.15) is 5.75 Å². The molecule has 25 heavy (non-hydrogen) atoms. The summed E-state index contributed by atoms with van der Waals surface area (Å²) in [5.41, 5.74) is 4.04. The zero-order valence-corrected chi connectivity index (χ0v) is 14.8. The molecule has 2 rings (SSSR count). The molecule has 0 saturated carbocycles. The number of esters is 1. The minimum atomic E-state index is -0.460. The van der Waals surface area contributed by atoms with Gasteiger partial charge in [0, 0.05) is 5.69 Å². The number of benzene rings is 2. The molecule has 132 valence electrons. The van der Waals surface area contributed by atoms with Gasteiger partial charge in [-0.25, -0.2) is 9.59 Å². The molecule has 0 fully saturated rings. The average molecular weight is 342 g/mol. The van der Waals surface area contributed by atoms with Crippen molar-refractivity contribution in [3.05, 3.63) is 58.7 Å². The van der Waals surface area contributed by atoms with Gasteiger partial charge in [-0.15, -0.1) is 0 Å². The Morgan fingerprint density at radius 1 is 1.04 bits per heavy atom. The third-order valence-corrected chi connectivity index (χ3v) is 3.86. The topological polar surface area (TPSA) is 76.7 Å². The number of hydrogen-bond acceptors (Lipinski definition) is 4. The summed E-state index contributed by atoms with van der Waals surface area (Å²) in [6.07, 6.45) is 0. The molecular weight excluding hydrogens is 320 g/mol. The summed E-state index contributed by atoms with van der Waals surface area (Å²) in [7, 11) is 1.31. The number of hydrogen-bond donors (Lipinski definition) is 2. The van der Waals surface area contributed by atoms with Crippen LogP contribution in [0.4, 0.5) is 10.5 Å². The van der Waals surface area contributed by atoms with E-state index in [2.05, 4.69) is 15.4 Å². The van der Waals surface area contributed by atoms with Gasteiger partial charge in [-0.2, -0.15) is 0 Å². The van der Waals surface area contributed by atoms with E-state index in [4.69, 9.17) is 4.74 Å². The van der Waals surface area contributed by atoms with Crippen LogP contribution in [0.3, 0.4) is 0 Å². The van der Waals surface area contributed by atoms with Gasteiger partial charge in [-0.3, -0.25) is 0 Å². The Kier molecular flexibility index (Phi) is 6.00. The quantitative estimate of drug-likeness (QED) is 0.643. The number of amides is 2. The molecule has 0 heterocycles. The SMILES string of the molecule is COC(=O)c1cccc(NC(=O)NCOc2c(C)ccc(C)c2C)c1. The second-order valence-corrected chi connectivity index (χ2v) is 5.65. The number of methoxy groups -OCH3 is 1. The van der Waals surface area contributed by atoms with Crippen molar-refractivity contribution in [1.29, 1.82) is 0 Å². The van der Waals surface area contributed by atoms with E-state index < -0.39 is 12.0 Å².